The second-order valence-electron chi connectivity index (χ2n) is 8.79. The third kappa shape index (κ3) is 5.36. The maximum absolute atomic E-state index is 13.8. The van der Waals surface area contributed by atoms with E-state index in [0.717, 1.165) is 52.2 Å². The Bertz CT molecular complexity index is 1440. The lowest BCUT2D eigenvalue weighted by Gasteiger charge is -2.13. The molecule has 35 heavy (non-hydrogen) atoms. The second kappa shape index (κ2) is 10.8. The molecule has 0 aliphatic rings. The number of fused-ring (bicyclic) bond motifs is 1. The monoisotopic (exact) mass is 505 g/mol. The highest BCUT2D eigenvalue weighted by Crippen LogP contribution is 2.31. The molecule has 0 fully saturated rings. The molecule has 0 saturated heterocycles. The minimum atomic E-state index is -0.127. The fourth-order valence-electron chi connectivity index (χ4n) is 4.15. The van der Waals surface area contributed by atoms with Gasteiger partial charge < -0.3 is 5.32 Å². The van der Waals surface area contributed by atoms with E-state index in [0.29, 0.717) is 10.5 Å². The number of amides is 1. The zero-order valence-corrected chi connectivity index (χ0v) is 22.5. The normalized spacial score (nSPS) is 11.2. The molecule has 2 aromatic carbocycles. The summed E-state index contributed by atoms with van der Waals surface area (Å²) >= 11 is 2.88. The van der Waals surface area contributed by atoms with Crippen molar-refractivity contribution >= 4 is 44.9 Å². The number of nitrogens with one attached hydrogen (secondary N) is 1. The first-order valence-corrected chi connectivity index (χ1v) is 13.8. The Morgan fingerprint density at radius 3 is 2.49 bits per heavy atom. The fraction of sp³-hybridized carbons (Fsp3) is 0.321. The molecule has 182 valence electrons. The number of hydrogen-bond donors (Lipinski definition) is 1. The number of nitrogens with zero attached hydrogens (tertiary/aromatic N) is 2. The van der Waals surface area contributed by atoms with E-state index in [2.05, 4.69) is 19.2 Å². The van der Waals surface area contributed by atoms with E-state index < -0.39 is 0 Å². The molecule has 5 nitrogen and oxygen atoms in total. The van der Waals surface area contributed by atoms with Crippen LogP contribution in [0.4, 0.5) is 5.69 Å². The van der Waals surface area contributed by atoms with Crippen molar-refractivity contribution in [3.63, 3.8) is 0 Å². The molecule has 0 spiro atoms. The minimum absolute atomic E-state index is 0.0763. The zero-order valence-electron chi connectivity index (χ0n) is 20.9. The number of thioether (sulfide) groups is 1. The van der Waals surface area contributed by atoms with Crippen molar-refractivity contribution in [3.8, 4) is 5.69 Å². The Morgan fingerprint density at radius 2 is 1.83 bits per heavy atom. The number of carbonyl (C=O) groups excluding carboxylic acids is 1. The highest BCUT2D eigenvalue weighted by molar-refractivity contribution is 7.99. The van der Waals surface area contributed by atoms with Crippen LogP contribution in [0.25, 0.3) is 15.9 Å². The van der Waals surface area contributed by atoms with Crippen LogP contribution in [0.15, 0.2) is 52.4 Å². The number of aryl methyl sites for hydroxylation is 5. The first-order chi connectivity index (χ1) is 16.8. The van der Waals surface area contributed by atoms with Crippen LogP contribution in [0.2, 0.25) is 0 Å². The van der Waals surface area contributed by atoms with Gasteiger partial charge in [0.25, 0.3) is 5.56 Å². The van der Waals surface area contributed by atoms with Gasteiger partial charge in [-0.05, 0) is 68.5 Å². The van der Waals surface area contributed by atoms with E-state index in [1.807, 2.05) is 63.2 Å². The van der Waals surface area contributed by atoms with Crippen molar-refractivity contribution in [3.05, 3.63) is 79.9 Å². The Balaban J connectivity index is 1.71. The summed E-state index contributed by atoms with van der Waals surface area (Å²) in [5.74, 6) is 0.0306. The maximum atomic E-state index is 13.8. The van der Waals surface area contributed by atoms with Crippen LogP contribution in [-0.2, 0) is 17.6 Å². The van der Waals surface area contributed by atoms with Crippen molar-refractivity contribution in [2.75, 3.05) is 11.1 Å². The van der Waals surface area contributed by atoms with Gasteiger partial charge in [0.05, 0.1) is 16.8 Å². The summed E-state index contributed by atoms with van der Waals surface area (Å²) in [7, 11) is 0. The zero-order chi connectivity index (χ0) is 25.1. The molecule has 2 heterocycles. The molecule has 0 atom stereocenters. The third-order valence-electron chi connectivity index (χ3n) is 6.10. The molecule has 0 aliphatic heterocycles. The van der Waals surface area contributed by atoms with Crippen molar-refractivity contribution in [2.24, 2.45) is 0 Å². The summed E-state index contributed by atoms with van der Waals surface area (Å²) in [6, 6.07) is 13.9. The molecule has 2 aromatic heterocycles. The van der Waals surface area contributed by atoms with Gasteiger partial charge >= 0.3 is 0 Å². The van der Waals surface area contributed by atoms with E-state index in [-0.39, 0.29) is 17.2 Å². The molecule has 0 unspecified atom stereocenters. The lowest BCUT2D eigenvalue weighted by molar-refractivity contribution is -0.113. The van der Waals surface area contributed by atoms with Gasteiger partial charge in [-0.2, -0.15) is 0 Å². The highest BCUT2D eigenvalue weighted by Gasteiger charge is 2.20. The lowest BCUT2D eigenvalue weighted by atomic mass is 10.1. The van der Waals surface area contributed by atoms with Gasteiger partial charge in [0.2, 0.25) is 5.91 Å². The van der Waals surface area contributed by atoms with Crippen LogP contribution in [-0.4, -0.2) is 21.2 Å². The predicted molar refractivity (Wildman–Crippen MR) is 149 cm³/mol. The molecule has 0 radical (unpaired) electrons. The van der Waals surface area contributed by atoms with Gasteiger partial charge in [-0.3, -0.25) is 14.2 Å². The van der Waals surface area contributed by atoms with Crippen LogP contribution in [0.5, 0.6) is 0 Å². The topological polar surface area (TPSA) is 64.0 Å². The average molecular weight is 506 g/mol. The summed E-state index contributed by atoms with van der Waals surface area (Å²) in [4.78, 5) is 33.4. The lowest BCUT2D eigenvalue weighted by Crippen LogP contribution is -2.23. The molecular weight excluding hydrogens is 474 g/mol. The molecule has 0 bridgehead atoms. The fourth-order valence-corrected chi connectivity index (χ4v) is 6.28. The summed E-state index contributed by atoms with van der Waals surface area (Å²) in [5.41, 5.74) is 5.89. The molecule has 4 aromatic rings. The van der Waals surface area contributed by atoms with E-state index in [4.69, 9.17) is 4.98 Å². The predicted octanol–water partition coefficient (Wildman–Crippen LogP) is 6.62. The van der Waals surface area contributed by atoms with Gasteiger partial charge in [0.1, 0.15) is 4.83 Å². The molecule has 7 heteroatoms. The number of hydrogen-bond acceptors (Lipinski definition) is 5. The van der Waals surface area contributed by atoms with Crippen LogP contribution in [0.3, 0.4) is 0 Å². The van der Waals surface area contributed by atoms with Crippen LogP contribution >= 0.6 is 23.1 Å². The van der Waals surface area contributed by atoms with E-state index >= 15 is 0 Å². The molecule has 0 saturated carbocycles. The molecular formula is C28H31N3O2S2. The molecule has 1 amide bonds. The summed E-state index contributed by atoms with van der Waals surface area (Å²) < 4.78 is 1.66. The number of anilines is 1. The van der Waals surface area contributed by atoms with Gasteiger partial charge in [0, 0.05) is 10.6 Å². The molecule has 4 rings (SSSR count). The number of carbonyl (C=O) groups is 1. The van der Waals surface area contributed by atoms with Gasteiger partial charge in [0.15, 0.2) is 5.16 Å². The van der Waals surface area contributed by atoms with E-state index in [1.165, 1.54) is 22.2 Å². The van der Waals surface area contributed by atoms with Gasteiger partial charge in [-0.1, -0.05) is 61.9 Å². The van der Waals surface area contributed by atoms with Crippen LogP contribution in [0, 0.1) is 20.8 Å². The van der Waals surface area contributed by atoms with Crippen LogP contribution in [0.1, 0.15) is 47.4 Å². The van der Waals surface area contributed by atoms with Gasteiger partial charge in [-0.15, -0.1) is 11.3 Å². The number of aromatic nitrogens is 2. The van der Waals surface area contributed by atoms with Crippen molar-refractivity contribution in [1.29, 1.82) is 0 Å². The van der Waals surface area contributed by atoms with E-state index in [1.54, 1.807) is 15.9 Å². The summed E-state index contributed by atoms with van der Waals surface area (Å²) in [6.07, 6.45) is 2.87. The van der Waals surface area contributed by atoms with Crippen molar-refractivity contribution in [1.82, 2.24) is 9.55 Å². The largest absolute Gasteiger partial charge is 0.325 e. The summed E-state index contributed by atoms with van der Waals surface area (Å²) in [5, 5.41) is 4.21. The minimum Gasteiger partial charge on any atom is -0.325 e. The standard InChI is InChI=1S/C28H31N3O2S2/c1-6-8-23-19(5)25-26(35-23)30-28(31(27(25)33)21-12-10-20(7-2)11-13-21)34-16-24(32)29-22-14-9-17(3)15-18(22)4/h9-15H,6-8,16H2,1-5H3,(H,29,32). The average Bonchev–Trinajstić information content (AvgIpc) is 3.15. The maximum Gasteiger partial charge on any atom is 0.267 e. The first kappa shape index (κ1) is 25.2. The first-order valence-electron chi connectivity index (χ1n) is 12.0. The smallest absolute Gasteiger partial charge is 0.267 e. The Hall–Kier alpha value is -2.90. The Labute approximate surface area is 214 Å². The summed E-state index contributed by atoms with van der Waals surface area (Å²) in [6.45, 7) is 10.3. The van der Waals surface area contributed by atoms with Crippen molar-refractivity contribution < 1.29 is 4.79 Å². The number of benzene rings is 2. The quantitative estimate of drug-likeness (QED) is 0.216. The SMILES string of the molecule is CCCc1sc2nc(SCC(=O)Nc3ccc(C)cc3C)n(-c3ccc(CC)cc3)c(=O)c2c1C. The Morgan fingerprint density at radius 1 is 1.09 bits per heavy atom. The number of thiophene rings is 1. The molecule has 1 N–H and O–H groups in total. The van der Waals surface area contributed by atoms with Crippen LogP contribution < -0.4 is 10.9 Å². The molecule has 0 aliphatic carbocycles. The third-order valence-corrected chi connectivity index (χ3v) is 8.28. The van der Waals surface area contributed by atoms with Gasteiger partial charge in [-0.25, -0.2) is 4.98 Å². The second-order valence-corrected chi connectivity index (χ2v) is 10.8. The van der Waals surface area contributed by atoms with E-state index in [9.17, 15) is 9.59 Å². The number of rotatable bonds is 8. The Kier molecular flexibility index (Phi) is 7.77. The highest BCUT2D eigenvalue weighted by atomic mass is 32.2. The van der Waals surface area contributed by atoms with Crippen molar-refractivity contribution in [2.45, 2.75) is 59.0 Å².